The van der Waals surface area contributed by atoms with Crippen molar-refractivity contribution in [3.05, 3.63) is 23.8 Å². The third-order valence-electron chi connectivity index (χ3n) is 2.38. The van der Waals surface area contributed by atoms with Crippen LogP contribution in [0.25, 0.3) is 0 Å². The molecule has 18 heavy (non-hydrogen) atoms. The summed E-state index contributed by atoms with van der Waals surface area (Å²) in [6.45, 7) is 2.20. The Bertz CT molecular complexity index is 540. The average molecular weight is 271 g/mol. The first-order valence-electron chi connectivity index (χ1n) is 5.42. The zero-order valence-corrected chi connectivity index (χ0v) is 11.2. The highest BCUT2D eigenvalue weighted by molar-refractivity contribution is 7.89. The standard InChI is InChI=1S/C11H17N3O3S/c1-8-3-4-9(7-10(8)18(12,16)17)14-11(15)5-6-13-2/h3-4,7,13H,5-6H2,1-2H3,(H,14,15)(H2,12,16,17). The van der Waals surface area contributed by atoms with Gasteiger partial charge in [-0.15, -0.1) is 0 Å². The van der Waals surface area contributed by atoms with E-state index in [2.05, 4.69) is 10.6 Å². The fourth-order valence-electron chi connectivity index (χ4n) is 1.45. The summed E-state index contributed by atoms with van der Waals surface area (Å²) in [5.41, 5.74) is 0.969. The number of nitrogens with one attached hydrogen (secondary N) is 2. The molecule has 0 aliphatic rings. The summed E-state index contributed by atoms with van der Waals surface area (Å²) in [6, 6.07) is 4.61. The zero-order chi connectivity index (χ0) is 13.8. The third kappa shape index (κ3) is 4.10. The Morgan fingerprint density at radius 1 is 1.39 bits per heavy atom. The predicted molar refractivity (Wildman–Crippen MR) is 69.7 cm³/mol. The number of sulfonamides is 1. The summed E-state index contributed by atoms with van der Waals surface area (Å²) >= 11 is 0. The molecule has 4 N–H and O–H groups in total. The second-order valence-corrected chi connectivity index (χ2v) is 5.46. The van der Waals surface area contributed by atoms with Crippen molar-refractivity contribution in [2.75, 3.05) is 18.9 Å². The number of carbonyl (C=O) groups is 1. The van der Waals surface area contributed by atoms with Crippen molar-refractivity contribution in [2.45, 2.75) is 18.2 Å². The highest BCUT2D eigenvalue weighted by atomic mass is 32.2. The number of carbonyl (C=O) groups excluding carboxylic acids is 1. The predicted octanol–water partition coefficient (Wildman–Crippen LogP) is 0.190. The molecule has 0 aromatic heterocycles. The molecular weight excluding hydrogens is 254 g/mol. The molecule has 6 nitrogen and oxygen atoms in total. The van der Waals surface area contributed by atoms with Gasteiger partial charge in [0.15, 0.2) is 0 Å². The Morgan fingerprint density at radius 2 is 2.06 bits per heavy atom. The molecule has 1 aromatic carbocycles. The molecule has 0 heterocycles. The van der Waals surface area contributed by atoms with Crippen LogP contribution in [-0.2, 0) is 14.8 Å². The van der Waals surface area contributed by atoms with E-state index in [1.54, 1.807) is 26.1 Å². The van der Waals surface area contributed by atoms with Crippen molar-refractivity contribution in [3.63, 3.8) is 0 Å². The van der Waals surface area contributed by atoms with Crippen LogP contribution in [0.1, 0.15) is 12.0 Å². The highest BCUT2D eigenvalue weighted by Gasteiger charge is 2.12. The summed E-state index contributed by atoms with van der Waals surface area (Å²) < 4.78 is 22.6. The molecule has 0 fully saturated rings. The largest absolute Gasteiger partial charge is 0.326 e. The highest BCUT2D eigenvalue weighted by Crippen LogP contribution is 2.18. The molecule has 0 aliphatic heterocycles. The first-order chi connectivity index (χ1) is 8.34. The molecule has 0 atom stereocenters. The molecule has 0 spiro atoms. The first kappa shape index (κ1) is 14.6. The van der Waals surface area contributed by atoms with Gasteiger partial charge in [0.2, 0.25) is 15.9 Å². The number of nitrogens with two attached hydrogens (primary N) is 1. The molecule has 0 saturated carbocycles. The lowest BCUT2D eigenvalue weighted by molar-refractivity contribution is -0.116. The van der Waals surface area contributed by atoms with Gasteiger partial charge >= 0.3 is 0 Å². The Kier molecular flexibility index (Phi) is 4.83. The zero-order valence-electron chi connectivity index (χ0n) is 10.4. The molecule has 100 valence electrons. The molecular formula is C11H17N3O3S. The van der Waals surface area contributed by atoms with E-state index in [1.165, 1.54) is 6.07 Å². The van der Waals surface area contributed by atoms with Gasteiger partial charge in [0, 0.05) is 18.7 Å². The van der Waals surface area contributed by atoms with Crippen LogP contribution in [0.5, 0.6) is 0 Å². The van der Waals surface area contributed by atoms with Crippen LogP contribution in [0.15, 0.2) is 23.1 Å². The van der Waals surface area contributed by atoms with E-state index in [0.717, 1.165) is 0 Å². The van der Waals surface area contributed by atoms with Crippen molar-refractivity contribution < 1.29 is 13.2 Å². The fourth-order valence-corrected chi connectivity index (χ4v) is 2.25. The van der Waals surface area contributed by atoms with Crippen LogP contribution >= 0.6 is 0 Å². The molecule has 0 bridgehead atoms. The Labute approximate surface area is 107 Å². The van der Waals surface area contributed by atoms with Crippen molar-refractivity contribution in [1.82, 2.24) is 5.32 Å². The lowest BCUT2D eigenvalue weighted by Gasteiger charge is -2.08. The number of rotatable bonds is 5. The van der Waals surface area contributed by atoms with Crippen molar-refractivity contribution in [2.24, 2.45) is 5.14 Å². The second kappa shape index (κ2) is 5.94. The van der Waals surface area contributed by atoms with Crippen LogP contribution in [-0.4, -0.2) is 27.9 Å². The van der Waals surface area contributed by atoms with E-state index >= 15 is 0 Å². The smallest absolute Gasteiger partial charge is 0.238 e. The van der Waals surface area contributed by atoms with Gasteiger partial charge in [-0.25, -0.2) is 13.6 Å². The van der Waals surface area contributed by atoms with Gasteiger partial charge in [-0.1, -0.05) is 6.07 Å². The van der Waals surface area contributed by atoms with Gasteiger partial charge in [0.1, 0.15) is 0 Å². The van der Waals surface area contributed by atoms with E-state index in [-0.39, 0.29) is 10.8 Å². The van der Waals surface area contributed by atoms with E-state index in [0.29, 0.717) is 24.2 Å². The quantitative estimate of drug-likeness (QED) is 0.711. The number of hydrogen-bond acceptors (Lipinski definition) is 4. The van der Waals surface area contributed by atoms with E-state index in [1.807, 2.05) is 0 Å². The van der Waals surface area contributed by atoms with Crippen LogP contribution in [0.4, 0.5) is 5.69 Å². The number of aryl methyl sites for hydroxylation is 1. The molecule has 1 aromatic rings. The maximum Gasteiger partial charge on any atom is 0.238 e. The monoisotopic (exact) mass is 271 g/mol. The van der Waals surface area contributed by atoms with Crippen molar-refractivity contribution in [1.29, 1.82) is 0 Å². The van der Waals surface area contributed by atoms with Crippen molar-refractivity contribution in [3.8, 4) is 0 Å². The maximum absolute atomic E-state index is 11.5. The van der Waals surface area contributed by atoms with Gasteiger partial charge in [0.05, 0.1) is 4.90 Å². The van der Waals surface area contributed by atoms with Crippen LogP contribution in [0.2, 0.25) is 0 Å². The number of anilines is 1. The molecule has 0 saturated heterocycles. The topological polar surface area (TPSA) is 101 Å². The first-order valence-corrected chi connectivity index (χ1v) is 6.97. The van der Waals surface area contributed by atoms with Crippen LogP contribution in [0.3, 0.4) is 0 Å². The van der Waals surface area contributed by atoms with Crippen LogP contribution in [0, 0.1) is 6.92 Å². The fraction of sp³-hybridized carbons (Fsp3) is 0.364. The maximum atomic E-state index is 11.5. The summed E-state index contributed by atoms with van der Waals surface area (Å²) in [5, 5.41) is 10.6. The number of benzene rings is 1. The van der Waals surface area contributed by atoms with E-state index in [4.69, 9.17) is 5.14 Å². The average Bonchev–Trinajstić information content (AvgIpc) is 2.27. The van der Waals surface area contributed by atoms with Crippen molar-refractivity contribution >= 4 is 21.6 Å². The van der Waals surface area contributed by atoms with Crippen LogP contribution < -0.4 is 15.8 Å². The molecule has 0 radical (unpaired) electrons. The van der Waals surface area contributed by atoms with E-state index < -0.39 is 10.0 Å². The Morgan fingerprint density at radius 3 is 2.61 bits per heavy atom. The normalized spacial score (nSPS) is 11.3. The molecule has 1 rings (SSSR count). The second-order valence-electron chi connectivity index (χ2n) is 3.93. The minimum atomic E-state index is -3.77. The molecule has 1 amide bonds. The number of primary sulfonamides is 1. The lowest BCUT2D eigenvalue weighted by Crippen LogP contribution is -2.19. The lowest BCUT2D eigenvalue weighted by atomic mass is 10.2. The summed E-state index contributed by atoms with van der Waals surface area (Å²) in [6.07, 6.45) is 0.315. The minimum absolute atomic E-state index is 0.0221. The summed E-state index contributed by atoms with van der Waals surface area (Å²) in [7, 11) is -2.02. The number of amides is 1. The van der Waals surface area contributed by atoms with Gasteiger partial charge in [0.25, 0.3) is 0 Å². The van der Waals surface area contributed by atoms with Gasteiger partial charge in [-0.05, 0) is 31.7 Å². The number of hydrogen-bond donors (Lipinski definition) is 3. The summed E-state index contributed by atoms with van der Waals surface area (Å²) in [5.74, 6) is -0.187. The minimum Gasteiger partial charge on any atom is -0.326 e. The Hall–Kier alpha value is -1.44. The SMILES string of the molecule is CNCCC(=O)Nc1ccc(C)c(S(N)(=O)=O)c1. The Balaban J connectivity index is 2.90. The molecule has 7 heteroatoms. The molecule has 0 unspecified atom stereocenters. The van der Waals surface area contributed by atoms with Gasteiger partial charge in [-0.3, -0.25) is 4.79 Å². The third-order valence-corrected chi connectivity index (χ3v) is 3.43. The summed E-state index contributed by atoms with van der Waals surface area (Å²) in [4.78, 5) is 11.5. The van der Waals surface area contributed by atoms with Gasteiger partial charge in [-0.2, -0.15) is 0 Å². The van der Waals surface area contributed by atoms with Gasteiger partial charge < -0.3 is 10.6 Å². The molecule has 0 aliphatic carbocycles. The van der Waals surface area contributed by atoms with E-state index in [9.17, 15) is 13.2 Å².